The van der Waals surface area contributed by atoms with Crippen LogP contribution in [-0.4, -0.2) is 10.5 Å². The number of nitrogens with one attached hydrogen (secondary N) is 1. The van der Waals surface area contributed by atoms with E-state index in [2.05, 4.69) is 22.0 Å². The second kappa shape index (κ2) is 7.01. The van der Waals surface area contributed by atoms with Gasteiger partial charge in [-0.25, -0.2) is 0 Å². The van der Waals surface area contributed by atoms with Crippen molar-refractivity contribution in [3.05, 3.63) is 82.1 Å². The van der Waals surface area contributed by atoms with E-state index in [-0.39, 0.29) is 5.91 Å². The molecule has 0 aliphatic rings. The summed E-state index contributed by atoms with van der Waals surface area (Å²) in [5.74, 6) is 1.67. The molecule has 3 aromatic rings. The minimum atomic E-state index is -0.0503. The fourth-order valence-electron chi connectivity index (χ4n) is 3.17. The van der Waals surface area contributed by atoms with Crippen LogP contribution in [0.5, 0.6) is 0 Å². The van der Waals surface area contributed by atoms with Gasteiger partial charge in [0.05, 0.1) is 5.56 Å². The summed E-state index contributed by atoms with van der Waals surface area (Å²) in [6.07, 6.45) is 0. The average Bonchev–Trinajstić information content (AvgIpc) is 3.06. The number of amides is 1. The molecule has 25 heavy (non-hydrogen) atoms. The van der Waals surface area contributed by atoms with Gasteiger partial charge in [-0.05, 0) is 45.4 Å². The Bertz CT molecular complexity index is 888. The molecule has 0 bridgehead atoms. The number of carbonyl (C=O) groups excluding carboxylic acids is 1. The number of aromatic nitrogens is 1. The predicted molar refractivity (Wildman–Crippen MR) is 98.8 cm³/mol. The lowest BCUT2D eigenvalue weighted by atomic mass is 10.2. The van der Waals surface area contributed by atoms with Crippen LogP contribution in [0.1, 0.15) is 44.4 Å². The Morgan fingerprint density at radius 1 is 1.08 bits per heavy atom. The summed E-state index contributed by atoms with van der Waals surface area (Å²) in [6, 6.07) is 14.2. The van der Waals surface area contributed by atoms with E-state index in [0.29, 0.717) is 6.54 Å². The zero-order valence-electron chi connectivity index (χ0n) is 15.2. The Morgan fingerprint density at radius 3 is 2.44 bits per heavy atom. The van der Waals surface area contributed by atoms with Gasteiger partial charge in [0, 0.05) is 30.0 Å². The summed E-state index contributed by atoms with van der Waals surface area (Å²) in [7, 11) is 0. The molecule has 0 saturated carbocycles. The number of nitrogens with zero attached hydrogens (tertiary/aromatic N) is 1. The smallest absolute Gasteiger partial charge is 0.253 e. The minimum Gasteiger partial charge on any atom is -0.466 e. The molecule has 0 spiro atoms. The van der Waals surface area contributed by atoms with Crippen molar-refractivity contribution in [2.75, 3.05) is 0 Å². The molecule has 0 atom stereocenters. The van der Waals surface area contributed by atoms with Crippen LogP contribution in [-0.2, 0) is 13.1 Å². The van der Waals surface area contributed by atoms with E-state index in [9.17, 15) is 4.79 Å². The first-order valence-electron chi connectivity index (χ1n) is 8.50. The standard InChI is InChI=1S/C21H24N2O2/c1-14-10-20(16(3)23(14)13-18-8-6-5-7-9-18)21(24)22-12-19-11-15(2)25-17(19)4/h5-11H,12-13H2,1-4H3,(H,22,24). The molecule has 0 radical (unpaired) electrons. The van der Waals surface area contributed by atoms with E-state index >= 15 is 0 Å². The molecule has 3 rings (SSSR count). The second-order valence-electron chi connectivity index (χ2n) is 6.48. The van der Waals surface area contributed by atoms with Crippen LogP contribution in [0.3, 0.4) is 0 Å². The Labute approximate surface area is 148 Å². The fourth-order valence-corrected chi connectivity index (χ4v) is 3.17. The zero-order chi connectivity index (χ0) is 18.0. The molecule has 130 valence electrons. The molecule has 4 heteroatoms. The van der Waals surface area contributed by atoms with Crippen molar-refractivity contribution in [2.45, 2.75) is 40.8 Å². The van der Waals surface area contributed by atoms with Crippen LogP contribution in [0.4, 0.5) is 0 Å². The third-order valence-corrected chi connectivity index (χ3v) is 4.58. The number of benzene rings is 1. The number of rotatable bonds is 5. The van der Waals surface area contributed by atoms with E-state index in [1.165, 1.54) is 5.56 Å². The summed E-state index contributed by atoms with van der Waals surface area (Å²) < 4.78 is 7.69. The number of hydrogen-bond acceptors (Lipinski definition) is 2. The summed E-state index contributed by atoms with van der Waals surface area (Å²) in [5.41, 5.74) is 5.04. The Balaban J connectivity index is 1.75. The molecule has 0 fully saturated rings. The van der Waals surface area contributed by atoms with Crippen LogP contribution < -0.4 is 5.32 Å². The normalized spacial score (nSPS) is 10.9. The summed E-state index contributed by atoms with van der Waals surface area (Å²) in [5, 5.41) is 3.00. The molecule has 1 amide bonds. The summed E-state index contributed by atoms with van der Waals surface area (Å²) >= 11 is 0. The van der Waals surface area contributed by atoms with Crippen molar-refractivity contribution in [1.82, 2.24) is 9.88 Å². The lowest BCUT2D eigenvalue weighted by molar-refractivity contribution is 0.0950. The van der Waals surface area contributed by atoms with Gasteiger partial charge in [0.25, 0.3) is 5.91 Å². The van der Waals surface area contributed by atoms with Crippen molar-refractivity contribution < 1.29 is 9.21 Å². The van der Waals surface area contributed by atoms with Crippen LogP contribution in [0, 0.1) is 27.7 Å². The third kappa shape index (κ3) is 3.68. The van der Waals surface area contributed by atoms with Crippen LogP contribution in [0.15, 0.2) is 46.9 Å². The van der Waals surface area contributed by atoms with Crippen molar-refractivity contribution in [3.63, 3.8) is 0 Å². The maximum Gasteiger partial charge on any atom is 0.253 e. The SMILES string of the molecule is Cc1cc(CNC(=O)c2cc(C)n(Cc3ccccc3)c2C)c(C)o1. The molecular formula is C21H24N2O2. The predicted octanol–water partition coefficient (Wildman–Crippen LogP) is 4.29. The van der Waals surface area contributed by atoms with E-state index < -0.39 is 0 Å². The maximum atomic E-state index is 12.6. The summed E-state index contributed by atoms with van der Waals surface area (Å²) in [6.45, 7) is 9.11. The molecule has 2 aromatic heterocycles. The second-order valence-corrected chi connectivity index (χ2v) is 6.48. The topological polar surface area (TPSA) is 47.2 Å². The van der Waals surface area contributed by atoms with Gasteiger partial charge in [0.15, 0.2) is 0 Å². The zero-order valence-corrected chi connectivity index (χ0v) is 15.2. The molecule has 1 N–H and O–H groups in total. The molecule has 0 saturated heterocycles. The minimum absolute atomic E-state index is 0.0503. The van der Waals surface area contributed by atoms with E-state index in [1.807, 2.05) is 58.0 Å². The highest BCUT2D eigenvalue weighted by Crippen LogP contribution is 2.18. The van der Waals surface area contributed by atoms with Gasteiger partial charge in [0.2, 0.25) is 0 Å². The first kappa shape index (κ1) is 17.1. The maximum absolute atomic E-state index is 12.6. The van der Waals surface area contributed by atoms with Crippen LogP contribution >= 0.6 is 0 Å². The van der Waals surface area contributed by atoms with Crippen molar-refractivity contribution >= 4 is 5.91 Å². The average molecular weight is 336 g/mol. The molecule has 0 aliphatic carbocycles. The highest BCUT2D eigenvalue weighted by atomic mass is 16.3. The fraction of sp³-hybridized carbons (Fsp3) is 0.286. The lowest BCUT2D eigenvalue weighted by Crippen LogP contribution is -2.23. The van der Waals surface area contributed by atoms with Gasteiger partial charge in [-0.1, -0.05) is 30.3 Å². The first-order chi connectivity index (χ1) is 12.0. The number of carbonyl (C=O) groups is 1. The molecule has 0 aliphatic heterocycles. The molecule has 4 nitrogen and oxygen atoms in total. The van der Waals surface area contributed by atoms with Gasteiger partial charge in [-0.2, -0.15) is 0 Å². The highest BCUT2D eigenvalue weighted by Gasteiger charge is 2.16. The van der Waals surface area contributed by atoms with Gasteiger partial charge in [-0.15, -0.1) is 0 Å². The molecule has 1 aromatic carbocycles. The van der Waals surface area contributed by atoms with E-state index in [0.717, 1.165) is 40.6 Å². The van der Waals surface area contributed by atoms with Crippen molar-refractivity contribution in [2.24, 2.45) is 0 Å². The summed E-state index contributed by atoms with van der Waals surface area (Å²) in [4.78, 5) is 12.6. The van der Waals surface area contributed by atoms with Crippen LogP contribution in [0.25, 0.3) is 0 Å². The molecule has 0 unspecified atom stereocenters. The lowest BCUT2D eigenvalue weighted by Gasteiger charge is -2.10. The number of furan rings is 1. The Kier molecular flexibility index (Phi) is 4.79. The number of hydrogen-bond donors (Lipinski definition) is 1. The van der Waals surface area contributed by atoms with Gasteiger partial charge in [-0.3, -0.25) is 4.79 Å². The molecule has 2 heterocycles. The monoisotopic (exact) mass is 336 g/mol. The Morgan fingerprint density at radius 2 is 1.80 bits per heavy atom. The van der Waals surface area contributed by atoms with Crippen molar-refractivity contribution in [3.8, 4) is 0 Å². The number of aryl methyl sites for hydroxylation is 3. The highest BCUT2D eigenvalue weighted by molar-refractivity contribution is 5.95. The van der Waals surface area contributed by atoms with Gasteiger partial charge in [0.1, 0.15) is 11.5 Å². The van der Waals surface area contributed by atoms with E-state index in [1.54, 1.807) is 0 Å². The van der Waals surface area contributed by atoms with Gasteiger partial charge < -0.3 is 14.3 Å². The quantitative estimate of drug-likeness (QED) is 0.755. The molecular weight excluding hydrogens is 312 g/mol. The van der Waals surface area contributed by atoms with Gasteiger partial charge >= 0.3 is 0 Å². The third-order valence-electron chi connectivity index (χ3n) is 4.58. The Hall–Kier alpha value is -2.75. The van der Waals surface area contributed by atoms with Crippen molar-refractivity contribution in [1.29, 1.82) is 0 Å². The first-order valence-corrected chi connectivity index (χ1v) is 8.50. The van der Waals surface area contributed by atoms with E-state index in [4.69, 9.17) is 4.42 Å². The van der Waals surface area contributed by atoms with Crippen LogP contribution in [0.2, 0.25) is 0 Å². The largest absolute Gasteiger partial charge is 0.466 e.